The van der Waals surface area contributed by atoms with Gasteiger partial charge in [0.25, 0.3) is 0 Å². The second kappa shape index (κ2) is 6.88. The molecule has 0 saturated heterocycles. The zero-order chi connectivity index (χ0) is 19.1. The molecule has 4 heteroatoms. The van der Waals surface area contributed by atoms with E-state index in [1.807, 2.05) is 18.2 Å². The van der Waals surface area contributed by atoms with Gasteiger partial charge in [-0.25, -0.2) is 0 Å². The molecule has 0 spiro atoms. The Morgan fingerprint density at radius 2 is 1.73 bits per heavy atom. The van der Waals surface area contributed by atoms with Gasteiger partial charge in [-0.05, 0) is 42.0 Å². The van der Waals surface area contributed by atoms with Gasteiger partial charge in [0.15, 0.2) is 17.3 Å². The summed E-state index contributed by atoms with van der Waals surface area (Å²) < 4.78 is 11.8. The minimum absolute atomic E-state index is 0.0866. The van der Waals surface area contributed by atoms with Crippen LogP contribution in [0.5, 0.6) is 11.5 Å². The maximum atomic E-state index is 13.2. The molecule has 2 aliphatic rings. The van der Waals surface area contributed by atoms with Crippen LogP contribution in [0.2, 0.25) is 0 Å². The molecule has 1 fully saturated rings. The predicted molar refractivity (Wildman–Crippen MR) is 108 cm³/mol. The summed E-state index contributed by atoms with van der Waals surface area (Å²) in [7, 11) is 3.25. The van der Waals surface area contributed by atoms with Gasteiger partial charge in [-0.2, -0.15) is 0 Å². The molecule has 0 N–H and O–H groups in total. The Bertz CT molecular complexity index is 791. The van der Waals surface area contributed by atoms with Crippen LogP contribution in [0, 0.1) is 10.8 Å². The van der Waals surface area contributed by atoms with Crippen molar-refractivity contribution in [3.63, 3.8) is 0 Å². The van der Waals surface area contributed by atoms with Crippen molar-refractivity contribution in [2.24, 2.45) is 10.8 Å². The molecule has 2 aliphatic carbocycles. The molecule has 1 saturated carbocycles. The number of hydrogen-bond acceptors (Lipinski definition) is 3. The molecule has 0 amide bonds. The number of benzene rings is 1. The highest BCUT2D eigenvalue weighted by molar-refractivity contribution is 9.10. The molecule has 3 rings (SSSR count). The van der Waals surface area contributed by atoms with E-state index in [9.17, 15) is 4.79 Å². The van der Waals surface area contributed by atoms with Gasteiger partial charge in [0, 0.05) is 9.89 Å². The zero-order valence-corrected chi connectivity index (χ0v) is 17.8. The SMILES string of the molecule is COc1cc(Br)c([C@H]2C(=O)C=CC=C3C(C)(C)CCC[C@]32C)cc1OC. The van der Waals surface area contributed by atoms with E-state index in [-0.39, 0.29) is 22.5 Å². The van der Waals surface area contributed by atoms with Gasteiger partial charge in [-0.15, -0.1) is 0 Å². The number of hydrogen-bond donors (Lipinski definition) is 0. The van der Waals surface area contributed by atoms with Crippen LogP contribution in [0.3, 0.4) is 0 Å². The summed E-state index contributed by atoms with van der Waals surface area (Å²) in [5.74, 6) is 1.20. The highest BCUT2D eigenvalue weighted by atomic mass is 79.9. The Morgan fingerprint density at radius 3 is 2.38 bits per heavy atom. The van der Waals surface area contributed by atoms with Crippen molar-refractivity contribution < 1.29 is 14.3 Å². The Morgan fingerprint density at radius 1 is 1.08 bits per heavy atom. The number of carbonyl (C=O) groups is 1. The van der Waals surface area contributed by atoms with Gasteiger partial charge in [0.2, 0.25) is 0 Å². The summed E-state index contributed by atoms with van der Waals surface area (Å²) in [5.41, 5.74) is 2.20. The molecule has 26 heavy (non-hydrogen) atoms. The zero-order valence-electron chi connectivity index (χ0n) is 16.2. The van der Waals surface area contributed by atoms with Gasteiger partial charge < -0.3 is 9.47 Å². The van der Waals surface area contributed by atoms with Crippen molar-refractivity contribution in [1.82, 2.24) is 0 Å². The van der Waals surface area contributed by atoms with Crippen molar-refractivity contribution in [3.05, 3.63) is 46.0 Å². The van der Waals surface area contributed by atoms with Gasteiger partial charge in [-0.1, -0.05) is 60.8 Å². The summed E-state index contributed by atoms with van der Waals surface area (Å²) in [6, 6.07) is 3.85. The van der Waals surface area contributed by atoms with Crippen molar-refractivity contribution in [2.75, 3.05) is 14.2 Å². The maximum Gasteiger partial charge on any atom is 0.164 e. The van der Waals surface area contributed by atoms with E-state index in [4.69, 9.17) is 9.47 Å². The van der Waals surface area contributed by atoms with E-state index in [0.29, 0.717) is 11.5 Å². The van der Waals surface area contributed by atoms with Crippen LogP contribution in [-0.4, -0.2) is 20.0 Å². The third-order valence-corrected chi connectivity index (χ3v) is 6.79. The molecule has 1 aromatic carbocycles. The van der Waals surface area contributed by atoms with E-state index >= 15 is 0 Å². The Hall–Kier alpha value is -1.55. The van der Waals surface area contributed by atoms with Crippen LogP contribution in [0.25, 0.3) is 0 Å². The minimum atomic E-state index is -0.249. The average Bonchev–Trinajstić information content (AvgIpc) is 2.71. The number of halogens is 1. The third kappa shape index (κ3) is 3.02. The number of fused-ring (bicyclic) bond motifs is 1. The molecule has 0 heterocycles. The fourth-order valence-electron chi connectivity index (χ4n) is 4.89. The number of carbonyl (C=O) groups excluding carboxylic acids is 1. The lowest BCUT2D eigenvalue weighted by atomic mass is 9.54. The largest absolute Gasteiger partial charge is 0.493 e. The first-order valence-corrected chi connectivity index (χ1v) is 9.88. The lowest BCUT2D eigenvalue weighted by Gasteiger charge is -2.49. The molecule has 3 nitrogen and oxygen atoms in total. The fourth-order valence-corrected chi connectivity index (χ4v) is 5.44. The Balaban J connectivity index is 2.21. The standard InChI is InChI=1S/C22H27BrO3/c1-21(2)10-7-11-22(3)19(21)9-6-8-16(24)20(22)14-12-17(25-4)18(26-5)13-15(14)23/h6,8-9,12-13,20H,7,10-11H2,1-5H3/t20-,22+/m0/s1. The Labute approximate surface area is 164 Å². The van der Waals surface area contributed by atoms with E-state index in [1.54, 1.807) is 20.3 Å². The quantitative estimate of drug-likeness (QED) is 0.618. The Kier molecular flexibility index (Phi) is 5.08. The molecule has 0 aliphatic heterocycles. The monoisotopic (exact) mass is 418 g/mol. The maximum absolute atomic E-state index is 13.2. The van der Waals surface area contributed by atoms with E-state index in [0.717, 1.165) is 29.3 Å². The van der Waals surface area contributed by atoms with Gasteiger partial charge in [0.05, 0.1) is 20.1 Å². The van der Waals surface area contributed by atoms with E-state index in [1.165, 1.54) is 5.57 Å². The first-order valence-electron chi connectivity index (χ1n) is 9.09. The van der Waals surface area contributed by atoms with Gasteiger partial charge >= 0.3 is 0 Å². The lowest BCUT2D eigenvalue weighted by molar-refractivity contribution is -0.118. The highest BCUT2D eigenvalue weighted by Gasteiger charge is 2.49. The fraction of sp³-hybridized carbons (Fsp3) is 0.500. The van der Waals surface area contributed by atoms with Crippen LogP contribution in [-0.2, 0) is 4.79 Å². The van der Waals surface area contributed by atoms with Crippen LogP contribution in [0.4, 0.5) is 0 Å². The molecule has 0 radical (unpaired) electrons. The van der Waals surface area contributed by atoms with Crippen LogP contribution in [0.1, 0.15) is 51.5 Å². The van der Waals surface area contributed by atoms with Crippen molar-refractivity contribution in [3.8, 4) is 11.5 Å². The van der Waals surface area contributed by atoms with Crippen LogP contribution >= 0.6 is 15.9 Å². The van der Waals surface area contributed by atoms with Crippen molar-refractivity contribution in [1.29, 1.82) is 0 Å². The molecular formula is C22H27BrO3. The number of rotatable bonds is 3. The van der Waals surface area contributed by atoms with Crippen LogP contribution in [0.15, 0.2) is 40.4 Å². The average molecular weight is 419 g/mol. The topological polar surface area (TPSA) is 35.5 Å². The molecule has 140 valence electrons. The van der Waals surface area contributed by atoms with Crippen molar-refractivity contribution >= 4 is 21.7 Å². The summed E-state index contributed by atoms with van der Waals surface area (Å²) in [6.45, 7) is 6.83. The second-order valence-corrected chi connectivity index (χ2v) is 9.01. The lowest BCUT2D eigenvalue weighted by Crippen LogP contribution is -2.40. The first kappa shape index (κ1) is 19.2. The third-order valence-electron chi connectivity index (χ3n) is 6.10. The number of allylic oxidation sites excluding steroid dienone is 4. The van der Waals surface area contributed by atoms with Crippen molar-refractivity contribution in [2.45, 2.75) is 46.0 Å². The van der Waals surface area contributed by atoms with E-state index in [2.05, 4.69) is 42.8 Å². The second-order valence-electron chi connectivity index (χ2n) is 8.16. The molecule has 0 bridgehead atoms. The smallest absolute Gasteiger partial charge is 0.164 e. The minimum Gasteiger partial charge on any atom is -0.493 e. The summed E-state index contributed by atoms with van der Waals surface area (Å²) in [5, 5.41) is 0. The molecular weight excluding hydrogens is 392 g/mol. The first-order chi connectivity index (χ1) is 12.2. The van der Waals surface area contributed by atoms with Gasteiger partial charge in [0.1, 0.15) is 0 Å². The molecule has 0 unspecified atom stereocenters. The molecule has 0 aromatic heterocycles. The summed E-state index contributed by atoms with van der Waals surface area (Å²) in [4.78, 5) is 13.2. The number of ether oxygens (including phenoxy) is 2. The number of methoxy groups -OCH3 is 2. The highest BCUT2D eigenvalue weighted by Crippen LogP contribution is 2.59. The number of ketones is 1. The summed E-state index contributed by atoms with van der Waals surface area (Å²) in [6.07, 6.45) is 9.09. The molecule has 2 atom stereocenters. The normalized spacial score (nSPS) is 27.4. The van der Waals surface area contributed by atoms with Crippen LogP contribution < -0.4 is 9.47 Å². The molecule has 1 aromatic rings. The van der Waals surface area contributed by atoms with E-state index < -0.39 is 0 Å². The summed E-state index contributed by atoms with van der Waals surface area (Å²) >= 11 is 3.68. The predicted octanol–water partition coefficient (Wildman–Crippen LogP) is 5.83. The van der Waals surface area contributed by atoms with Gasteiger partial charge in [-0.3, -0.25) is 4.79 Å².